The second-order valence-electron chi connectivity index (χ2n) is 3.59. The smallest absolute Gasteiger partial charge is 0.0931 e. The summed E-state index contributed by atoms with van der Waals surface area (Å²) in [4.78, 5) is 1.26. The second kappa shape index (κ2) is 7.23. The van der Waals surface area contributed by atoms with Crippen LogP contribution in [-0.2, 0) is 6.54 Å². The van der Waals surface area contributed by atoms with E-state index >= 15 is 0 Å². The van der Waals surface area contributed by atoms with Gasteiger partial charge in [-0.1, -0.05) is 18.5 Å². The van der Waals surface area contributed by atoms with Crippen LogP contribution in [0, 0.1) is 0 Å². The molecule has 0 amide bonds. The summed E-state index contributed by atoms with van der Waals surface area (Å²) in [5.74, 6) is 0. The molecule has 1 heterocycles. The second-order valence-corrected chi connectivity index (χ2v) is 5.39. The van der Waals surface area contributed by atoms with E-state index in [4.69, 9.17) is 11.6 Å². The number of hydrogen-bond acceptors (Lipinski definition) is 3. The zero-order chi connectivity index (χ0) is 11.1. The Kier molecular flexibility index (Phi) is 6.25. The van der Waals surface area contributed by atoms with Crippen molar-refractivity contribution in [2.45, 2.75) is 38.8 Å². The first kappa shape index (κ1) is 13.0. The molecule has 0 radical (unpaired) electrons. The van der Waals surface area contributed by atoms with Gasteiger partial charge < -0.3 is 10.4 Å². The molecule has 0 spiro atoms. The van der Waals surface area contributed by atoms with Crippen LogP contribution in [0.3, 0.4) is 0 Å². The van der Waals surface area contributed by atoms with Gasteiger partial charge in [-0.25, -0.2) is 0 Å². The molecule has 0 saturated heterocycles. The highest BCUT2D eigenvalue weighted by atomic mass is 35.5. The molecule has 0 aliphatic rings. The molecule has 2 nitrogen and oxygen atoms in total. The van der Waals surface area contributed by atoms with Crippen LogP contribution in [-0.4, -0.2) is 17.8 Å². The molecule has 0 aromatic carbocycles. The Hall–Kier alpha value is -0.0900. The number of rotatable bonds is 7. The van der Waals surface area contributed by atoms with Crippen molar-refractivity contribution in [2.75, 3.05) is 6.54 Å². The fourth-order valence-corrected chi connectivity index (χ4v) is 2.38. The maximum absolute atomic E-state index is 9.33. The number of nitrogens with one attached hydrogen (secondary N) is 1. The minimum atomic E-state index is -0.136. The summed E-state index contributed by atoms with van der Waals surface area (Å²) >= 11 is 7.43. The zero-order valence-corrected chi connectivity index (χ0v) is 10.6. The molecule has 15 heavy (non-hydrogen) atoms. The molecule has 1 aromatic heterocycles. The van der Waals surface area contributed by atoms with Gasteiger partial charge >= 0.3 is 0 Å². The van der Waals surface area contributed by atoms with Crippen molar-refractivity contribution in [3.05, 3.63) is 21.3 Å². The number of hydrogen-bond donors (Lipinski definition) is 2. The van der Waals surface area contributed by atoms with E-state index in [9.17, 15) is 5.11 Å². The van der Waals surface area contributed by atoms with Gasteiger partial charge in [-0.05, 0) is 37.9 Å². The van der Waals surface area contributed by atoms with Crippen molar-refractivity contribution in [3.8, 4) is 0 Å². The Balaban J connectivity index is 2.02. The lowest BCUT2D eigenvalue weighted by Crippen LogP contribution is -2.16. The van der Waals surface area contributed by atoms with Crippen molar-refractivity contribution in [1.82, 2.24) is 5.32 Å². The first-order chi connectivity index (χ1) is 7.22. The molecule has 1 unspecified atom stereocenters. The van der Waals surface area contributed by atoms with Crippen LogP contribution in [0.1, 0.15) is 31.1 Å². The molecule has 1 rings (SSSR count). The van der Waals surface area contributed by atoms with E-state index in [1.54, 1.807) is 11.3 Å². The molecule has 2 N–H and O–H groups in total. The molecular formula is C11H18ClNOS. The normalized spacial score (nSPS) is 13.0. The van der Waals surface area contributed by atoms with Gasteiger partial charge in [0.2, 0.25) is 0 Å². The van der Waals surface area contributed by atoms with E-state index < -0.39 is 0 Å². The summed E-state index contributed by atoms with van der Waals surface area (Å²) < 4.78 is 0.841. The van der Waals surface area contributed by atoms with Gasteiger partial charge in [-0.3, -0.25) is 0 Å². The summed E-state index contributed by atoms with van der Waals surface area (Å²) in [5.41, 5.74) is 0. The maximum atomic E-state index is 9.33. The Morgan fingerprint density at radius 1 is 1.53 bits per heavy atom. The van der Waals surface area contributed by atoms with Gasteiger partial charge in [0.05, 0.1) is 10.4 Å². The zero-order valence-electron chi connectivity index (χ0n) is 9.00. The van der Waals surface area contributed by atoms with E-state index in [1.807, 2.05) is 19.1 Å². The molecule has 1 aromatic rings. The predicted octanol–water partition coefficient (Wildman–Crippen LogP) is 3.04. The highest BCUT2D eigenvalue weighted by molar-refractivity contribution is 7.16. The molecule has 0 fully saturated rings. The van der Waals surface area contributed by atoms with Crippen LogP contribution >= 0.6 is 22.9 Å². The summed E-state index contributed by atoms with van der Waals surface area (Å²) in [6.07, 6.45) is 2.62. The quantitative estimate of drug-likeness (QED) is 0.726. The fourth-order valence-electron chi connectivity index (χ4n) is 1.33. The number of aliphatic hydroxyl groups is 1. The van der Waals surface area contributed by atoms with E-state index in [0.29, 0.717) is 0 Å². The average Bonchev–Trinajstić information content (AvgIpc) is 2.63. The Morgan fingerprint density at radius 2 is 2.33 bits per heavy atom. The molecular weight excluding hydrogens is 230 g/mol. The first-order valence-corrected chi connectivity index (χ1v) is 6.54. The van der Waals surface area contributed by atoms with Gasteiger partial charge in [0, 0.05) is 11.4 Å². The topological polar surface area (TPSA) is 32.3 Å². The summed E-state index contributed by atoms with van der Waals surface area (Å²) in [6.45, 7) is 3.83. The Morgan fingerprint density at radius 3 is 2.93 bits per heavy atom. The van der Waals surface area contributed by atoms with E-state index in [-0.39, 0.29) is 6.10 Å². The van der Waals surface area contributed by atoms with Crippen molar-refractivity contribution in [1.29, 1.82) is 0 Å². The molecule has 0 bridgehead atoms. The third-order valence-corrected chi connectivity index (χ3v) is 3.52. The van der Waals surface area contributed by atoms with Crippen molar-refractivity contribution >= 4 is 22.9 Å². The summed E-state index contributed by atoms with van der Waals surface area (Å²) in [7, 11) is 0. The SMILES string of the molecule is CCC(O)CCCNCc1ccc(Cl)s1. The summed E-state index contributed by atoms with van der Waals surface area (Å²) in [6, 6.07) is 3.96. The molecule has 4 heteroatoms. The molecule has 0 aliphatic heterocycles. The van der Waals surface area contributed by atoms with Crippen LogP contribution in [0.5, 0.6) is 0 Å². The van der Waals surface area contributed by atoms with Gasteiger partial charge in [-0.15, -0.1) is 11.3 Å². The minimum Gasteiger partial charge on any atom is -0.393 e. The monoisotopic (exact) mass is 247 g/mol. The molecule has 0 saturated carbocycles. The lowest BCUT2D eigenvalue weighted by atomic mass is 10.1. The standard InChI is InChI=1S/C11H18ClNOS/c1-2-9(14)4-3-7-13-8-10-5-6-11(12)15-10/h5-6,9,13-14H,2-4,7-8H2,1H3. The van der Waals surface area contributed by atoms with Crippen LogP contribution in [0.4, 0.5) is 0 Å². The lowest BCUT2D eigenvalue weighted by Gasteiger charge is -2.07. The number of aliphatic hydroxyl groups excluding tert-OH is 1. The van der Waals surface area contributed by atoms with Crippen LogP contribution in [0.2, 0.25) is 4.34 Å². The van der Waals surface area contributed by atoms with E-state index in [0.717, 1.165) is 36.7 Å². The predicted molar refractivity (Wildman–Crippen MR) is 66.6 cm³/mol. The van der Waals surface area contributed by atoms with Crippen LogP contribution in [0.15, 0.2) is 12.1 Å². The molecule has 0 aliphatic carbocycles. The number of halogens is 1. The van der Waals surface area contributed by atoms with Gasteiger partial charge in [0.25, 0.3) is 0 Å². The van der Waals surface area contributed by atoms with Crippen LogP contribution in [0.25, 0.3) is 0 Å². The first-order valence-electron chi connectivity index (χ1n) is 5.35. The lowest BCUT2D eigenvalue weighted by molar-refractivity contribution is 0.157. The fraction of sp³-hybridized carbons (Fsp3) is 0.636. The largest absolute Gasteiger partial charge is 0.393 e. The molecule has 1 atom stereocenters. The van der Waals surface area contributed by atoms with Gasteiger partial charge in [0.15, 0.2) is 0 Å². The summed E-state index contributed by atoms with van der Waals surface area (Å²) in [5, 5.41) is 12.7. The minimum absolute atomic E-state index is 0.136. The Labute approximate surface area is 100 Å². The van der Waals surface area contributed by atoms with Crippen molar-refractivity contribution in [3.63, 3.8) is 0 Å². The third kappa shape index (κ3) is 5.52. The van der Waals surface area contributed by atoms with Gasteiger partial charge in [0.1, 0.15) is 0 Å². The Bertz CT molecular complexity index is 277. The number of thiophene rings is 1. The van der Waals surface area contributed by atoms with Crippen molar-refractivity contribution in [2.24, 2.45) is 0 Å². The van der Waals surface area contributed by atoms with Gasteiger partial charge in [-0.2, -0.15) is 0 Å². The van der Waals surface area contributed by atoms with E-state index in [2.05, 4.69) is 5.32 Å². The van der Waals surface area contributed by atoms with Crippen LogP contribution < -0.4 is 5.32 Å². The average molecular weight is 248 g/mol. The molecule has 86 valence electrons. The van der Waals surface area contributed by atoms with Crippen molar-refractivity contribution < 1.29 is 5.11 Å². The maximum Gasteiger partial charge on any atom is 0.0931 e. The van der Waals surface area contributed by atoms with E-state index in [1.165, 1.54) is 4.88 Å². The third-order valence-electron chi connectivity index (χ3n) is 2.29. The highest BCUT2D eigenvalue weighted by Crippen LogP contribution is 2.20. The highest BCUT2D eigenvalue weighted by Gasteiger charge is 2.00.